The lowest BCUT2D eigenvalue weighted by molar-refractivity contribution is -0.121. The average Bonchev–Trinajstić information content (AvgIpc) is 3.16. The molecule has 0 atom stereocenters. The molecular weight excluding hydrogens is 515 g/mol. The van der Waals surface area contributed by atoms with Gasteiger partial charge in [0, 0.05) is 21.3 Å². The summed E-state index contributed by atoms with van der Waals surface area (Å²) in [4.78, 5) is 20.2. The van der Waals surface area contributed by atoms with E-state index in [4.69, 9.17) is 51.8 Å². The molecule has 0 fully saturated rings. The standard InChI is InChI=1S/C24H19Cl3N4O2S/c1-12-7-19-20(10-17(12)26)30-23(29-19)14-4-3-5-16(8-14)28-24(34)31-21(32)11-33-22-13(2)6-15(25)9-18(22)27/h3-10H,11H2,1-2H3,(H,29,30)(H2,28,31,32,34). The Morgan fingerprint density at radius 1 is 1.06 bits per heavy atom. The quantitative estimate of drug-likeness (QED) is 0.249. The van der Waals surface area contributed by atoms with Gasteiger partial charge in [-0.15, -0.1) is 0 Å². The number of carbonyl (C=O) groups excluding carboxylic acids is 1. The summed E-state index contributed by atoms with van der Waals surface area (Å²) < 4.78 is 5.55. The number of H-pyrrole nitrogens is 1. The monoisotopic (exact) mass is 532 g/mol. The molecule has 6 nitrogen and oxygen atoms in total. The lowest BCUT2D eigenvalue weighted by Gasteiger charge is -2.13. The smallest absolute Gasteiger partial charge is 0.264 e. The second-order valence-corrected chi connectivity index (χ2v) is 9.27. The number of nitrogens with one attached hydrogen (secondary N) is 3. The zero-order valence-corrected chi connectivity index (χ0v) is 21.2. The van der Waals surface area contributed by atoms with E-state index in [0.29, 0.717) is 32.3 Å². The number of ether oxygens (including phenoxy) is 1. The Hall–Kier alpha value is -2.84. The number of aromatic amines is 1. The number of fused-ring (bicyclic) bond motifs is 1. The number of benzene rings is 3. The highest BCUT2D eigenvalue weighted by molar-refractivity contribution is 7.80. The first kappa shape index (κ1) is 24.3. The van der Waals surface area contributed by atoms with Gasteiger partial charge in [-0.1, -0.05) is 46.9 Å². The predicted octanol–water partition coefficient (Wildman–Crippen LogP) is 6.70. The number of amides is 1. The average molecular weight is 534 g/mol. The molecule has 0 spiro atoms. The minimum atomic E-state index is -0.427. The van der Waals surface area contributed by atoms with E-state index < -0.39 is 5.91 Å². The summed E-state index contributed by atoms with van der Waals surface area (Å²) in [5.74, 6) is 0.664. The third-order valence-electron chi connectivity index (χ3n) is 4.95. The maximum absolute atomic E-state index is 12.3. The van der Waals surface area contributed by atoms with E-state index >= 15 is 0 Å². The van der Waals surface area contributed by atoms with Crippen LogP contribution in [0.2, 0.25) is 15.1 Å². The van der Waals surface area contributed by atoms with Crippen molar-refractivity contribution in [3.05, 3.63) is 74.7 Å². The molecule has 0 aliphatic rings. The van der Waals surface area contributed by atoms with Crippen molar-refractivity contribution in [2.45, 2.75) is 13.8 Å². The van der Waals surface area contributed by atoms with Gasteiger partial charge in [-0.3, -0.25) is 10.1 Å². The van der Waals surface area contributed by atoms with Crippen molar-refractivity contribution in [1.82, 2.24) is 15.3 Å². The number of aromatic nitrogens is 2. The summed E-state index contributed by atoms with van der Waals surface area (Å²) in [6.45, 7) is 3.48. The van der Waals surface area contributed by atoms with Crippen LogP contribution in [0.4, 0.5) is 5.69 Å². The molecule has 1 heterocycles. The Kier molecular flexibility index (Phi) is 7.28. The van der Waals surface area contributed by atoms with Crippen LogP contribution in [-0.2, 0) is 4.79 Å². The lowest BCUT2D eigenvalue weighted by Crippen LogP contribution is -2.37. The summed E-state index contributed by atoms with van der Waals surface area (Å²) >= 11 is 23.6. The van der Waals surface area contributed by atoms with Gasteiger partial charge in [0.2, 0.25) is 0 Å². The van der Waals surface area contributed by atoms with Gasteiger partial charge in [-0.2, -0.15) is 0 Å². The van der Waals surface area contributed by atoms with Crippen LogP contribution >= 0.6 is 47.0 Å². The molecule has 0 aliphatic heterocycles. The molecule has 4 rings (SSSR count). The topological polar surface area (TPSA) is 79.0 Å². The van der Waals surface area contributed by atoms with Crippen LogP contribution < -0.4 is 15.4 Å². The van der Waals surface area contributed by atoms with Crippen LogP contribution in [0.25, 0.3) is 22.4 Å². The number of aryl methyl sites for hydroxylation is 2. The fourth-order valence-corrected chi connectivity index (χ4v) is 4.39. The molecule has 10 heteroatoms. The zero-order valence-electron chi connectivity index (χ0n) is 18.1. The minimum absolute atomic E-state index is 0.136. The molecule has 1 aromatic heterocycles. The van der Waals surface area contributed by atoms with E-state index in [0.717, 1.165) is 27.7 Å². The fraction of sp³-hybridized carbons (Fsp3) is 0.125. The summed E-state index contributed by atoms with van der Waals surface area (Å²) in [5, 5.41) is 7.22. The Labute approximate surface area is 216 Å². The van der Waals surface area contributed by atoms with Crippen molar-refractivity contribution >= 4 is 74.8 Å². The van der Waals surface area contributed by atoms with Gasteiger partial charge in [-0.05, 0) is 73.6 Å². The highest BCUT2D eigenvalue weighted by Gasteiger charge is 2.12. The van der Waals surface area contributed by atoms with Gasteiger partial charge in [0.05, 0.1) is 16.1 Å². The van der Waals surface area contributed by atoms with Crippen LogP contribution in [0, 0.1) is 13.8 Å². The molecule has 34 heavy (non-hydrogen) atoms. The van der Waals surface area contributed by atoms with Crippen LogP contribution in [0.5, 0.6) is 5.75 Å². The fourth-order valence-electron chi connectivity index (χ4n) is 3.36. The number of thiocarbonyl (C=S) groups is 1. The Morgan fingerprint density at radius 3 is 2.62 bits per heavy atom. The number of hydrogen-bond acceptors (Lipinski definition) is 4. The molecular formula is C24H19Cl3N4O2S. The van der Waals surface area contributed by atoms with Crippen molar-refractivity contribution in [3.63, 3.8) is 0 Å². The third kappa shape index (κ3) is 5.62. The molecule has 4 aromatic rings. The maximum Gasteiger partial charge on any atom is 0.264 e. The number of anilines is 1. The first-order valence-corrected chi connectivity index (χ1v) is 11.7. The van der Waals surface area contributed by atoms with Crippen LogP contribution in [0.3, 0.4) is 0 Å². The Bertz CT molecular complexity index is 1360. The van der Waals surface area contributed by atoms with Crippen molar-refractivity contribution in [2.24, 2.45) is 0 Å². The van der Waals surface area contributed by atoms with Crippen LogP contribution in [0.15, 0.2) is 48.5 Å². The van der Waals surface area contributed by atoms with E-state index in [-0.39, 0.29) is 11.7 Å². The van der Waals surface area contributed by atoms with E-state index in [9.17, 15) is 4.79 Å². The van der Waals surface area contributed by atoms with Gasteiger partial charge >= 0.3 is 0 Å². The first-order chi connectivity index (χ1) is 16.2. The van der Waals surface area contributed by atoms with Crippen molar-refractivity contribution in [2.75, 3.05) is 11.9 Å². The van der Waals surface area contributed by atoms with Crippen molar-refractivity contribution in [3.8, 4) is 17.1 Å². The van der Waals surface area contributed by atoms with Gasteiger partial charge in [0.25, 0.3) is 5.91 Å². The number of halogens is 3. The normalized spacial score (nSPS) is 10.9. The summed E-state index contributed by atoms with van der Waals surface area (Å²) in [7, 11) is 0. The molecule has 3 aromatic carbocycles. The molecule has 0 bridgehead atoms. The van der Waals surface area contributed by atoms with E-state index in [1.165, 1.54) is 0 Å². The van der Waals surface area contributed by atoms with Gasteiger partial charge < -0.3 is 15.0 Å². The Morgan fingerprint density at radius 2 is 1.85 bits per heavy atom. The summed E-state index contributed by atoms with van der Waals surface area (Å²) in [6.07, 6.45) is 0. The summed E-state index contributed by atoms with van der Waals surface area (Å²) in [6, 6.07) is 14.5. The molecule has 0 radical (unpaired) electrons. The zero-order chi connectivity index (χ0) is 24.4. The molecule has 174 valence electrons. The number of rotatable bonds is 5. The first-order valence-electron chi connectivity index (χ1n) is 10.1. The second-order valence-electron chi connectivity index (χ2n) is 7.61. The molecule has 0 unspecified atom stereocenters. The minimum Gasteiger partial charge on any atom is -0.482 e. The number of hydrogen-bond donors (Lipinski definition) is 3. The number of carbonyl (C=O) groups is 1. The van der Waals surface area contributed by atoms with E-state index in [2.05, 4.69) is 20.6 Å². The summed E-state index contributed by atoms with van der Waals surface area (Å²) in [5.41, 5.74) is 4.91. The van der Waals surface area contributed by atoms with Crippen molar-refractivity contribution < 1.29 is 9.53 Å². The number of imidazole rings is 1. The van der Waals surface area contributed by atoms with E-state index in [1.807, 2.05) is 43.3 Å². The van der Waals surface area contributed by atoms with E-state index in [1.54, 1.807) is 19.1 Å². The SMILES string of the molecule is Cc1cc2[nH]c(-c3cccc(NC(=S)NC(=O)COc4c(C)cc(Cl)cc4Cl)c3)nc2cc1Cl. The molecule has 0 saturated carbocycles. The largest absolute Gasteiger partial charge is 0.482 e. The van der Waals surface area contributed by atoms with Crippen LogP contribution in [0.1, 0.15) is 11.1 Å². The second kappa shape index (κ2) is 10.2. The molecule has 3 N–H and O–H groups in total. The predicted molar refractivity (Wildman–Crippen MR) is 142 cm³/mol. The highest BCUT2D eigenvalue weighted by atomic mass is 35.5. The maximum atomic E-state index is 12.3. The van der Waals surface area contributed by atoms with Gasteiger partial charge in [0.15, 0.2) is 11.7 Å². The molecule has 1 amide bonds. The number of nitrogens with zero attached hydrogens (tertiary/aromatic N) is 1. The Balaban J connectivity index is 1.39. The highest BCUT2D eigenvalue weighted by Crippen LogP contribution is 2.32. The van der Waals surface area contributed by atoms with Crippen molar-refractivity contribution in [1.29, 1.82) is 0 Å². The van der Waals surface area contributed by atoms with Crippen LogP contribution in [-0.4, -0.2) is 27.6 Å². The van der Waals surface area contributed by atoms with Gasteiger partial charge in [-0.25, -0.2) is 4.98 Å². The van der Waals surface area contributed by atoms with Gasteiger partial charge in [0.1, 0.15) is 11.6 Å². The molecule has 0 saturated heterocycles. The lowest BCUT2D eigenvalue weighted by atomic mass is 10.2. The third-order valence-corrected chi connectivity index (χ3v) is 6.06. The molecule has 0 aliphatic carbocycles.